The molecule has 2 atom stereocenters. The molecule has 0 aromatic heterocycles. The molecule has 1 heterocycles. The summed E-state index contributed by atoms with van der Waals surface area (Å²) in [4.78, 5) is 23.2. The number of carboxylic acids is 1. The number of nitrogens with zero attached hydrogens (tertiary/aromatic N) is 1. The Kier molecular flexibility index (Phi) is 7.83. The summed E-state index contributed by atoms with van der Waals surface area (Å²) in [6.07, 6.45) is -3.08. The second kappa shape index (κ2) is 9.92. The van der Waals surface area contributed by atoms with Gasteiger partial charge >= 0.3 is 18.0 Å². The maximum absolute atomic E-state index is 14.3. The number of ether oxygens (including phenoxy) is 1. The molecule has 0 aliphatic carbocycles. The SMILES string of the molecule is O=C(O)CCCC(F)(F)CCN1C(=O)OCC1/C=C/C(O)C(F)(F)c1ccccc1. The first-order chi connectivity index (χ1) is 14.0. The molecule has 2 N–H and O–H groups in total. The fourth-order valence-electron chi connectivity index (χ4n) is 2.97. The Balaban J connectivity index is 1.96. The van der Waals surface area contributed by atoms with Crippen LogP contribution in [0.5, 0.6) is 0 Å². The molecule has 1 aliphatic rings. The molecule has 1 amide bonds. The van der Waals surface area contributed by atoms with E-state index < -0.39 is 61.0 Å². The highest BCUT2D eigenvalue weighted by molar-refractivity contribution is 5.70. The quantitative estimate of drug-likeness (QED) is 0.410. The van der Waals surface area contributed by atoms with Gasteiger partial charge in [-0.15, -0.1) is 0 Å². The van der Waals surface area contributed by atoms with Crippen LogP contribution in [-0.2, 0) is 15.5 Å². The number of hydrogen-bond acceptors (Lipinski definition) is 4. The van der Waals surface area contributed by atoms with Gasteiger partial charge in [0.25, 0.3) is 0 Å². The molecule has 1 aromatic rings. The number of hydrogen-bond donors (Lipinski definition) is 2. The van der Waals surface area contributed by atoms with Crippen molar-refractivity contribution in [2.75, 3.05) is 13.2 Å². The van der Waals surface area contributed by atoms with E-state index in [9.17, 15) is 32.3 Å². The number of carboxylic acid groups (broad SMARTS) is 1. The molecule has 1 aliphatic heterocycles. The third kappa shape index (κ3) is 6.45. The molecule has 0 spiro atoms. The summed E-state index contributed by atoms with van der Waals surface area (Å²) in [5, 5.41) is 18.4. The van der Waals surface area contributed by atoms with Crippen molar-refractivity contribution in [3.8, 4) is 0 Å². The highest BCUT2D eigenvalue weighted by Crippen LogP contribution is 2.33. The molecule has 30 heavy (non-hydrogen) atoms. The molecule has 2 rings (SSSR count). The summed E-state index contributed by atoms with van der Waals surface area (Å²) < 4.78 is 61.3. The number of amides is 1. The first-order valence-electron chi connectivity index (χ1n) is 9.36. The minimum Gasteiger partial charge on any atom is -0.481 e. The zero-order valence-corrected chi connectivity index (χ0v) is 16.0. The lowest BCUT2D eigenvalue weighted by Crippen LogP contribution is -2.36. The largest absolute Gasteiger partial charge is 0.481 e. The van der Waals surface area contributed by atoms with E-state index >= 15 is 0 Å². The molecule has 0 bridgehead atoms. The molecule has 1 aromatic carbocycles. The van der Waals surface area contributed by atoms with Crippen molar-refractivity contribution in [3.63, 3.8) is 0 Å². The first-order valence-corrected chi connectivity index (χ1v) is 9.36. The van der Waals surface area contributed by atoms with Crippen molar-refractivity contribution < 1.29 is 42.1 Å². The lowest BCUT2D eigenvalue weighted by molar-refractivity contribution is -0.137. The highest BCUT2D eigenvalue weighted by Gasteiger charge is 2.40. The van der Waals surface area contributed by atoms with Crippen LogP contribution in [0.3, 0.4) is 0 Å². The number of halogens is 4. The maximum atomic E-state index is 14.3. The number of carbonyl (C=O) groups excluding carboxylic acids is 1. The van der Waals surface area contributed by atoms with Crippen LogP contribution in [0.15, 0.2) is 42.5 Å². The number of alkyl halides is 4. The highest BCUT2D eigenvalue weighted by atomic mass is 19.3. The van der Waals surface area contributed by atoms with Crippen LogP contribution in [0, 0.1) is 0 Å². The van der Waals surface area contributed by atoms with Crippen LogP contribution in [-0.4, -0.2) is 58.4 Å². The van der Waals surface area contributed by atoms with Crippen LogP contribution in [0.1, 0.15) is 31.2 Å². The lowest BCUT2D eigenvalue weighted by Gasteiger charge is -2.24. The molecule has 0 saturated carbocycles. The Morgan fingerprint density at radius 1 is 1.23 bits per heavy atom. The van der Waals surface area contributed by atoms with E-state index in [0.29, 0.717) is 0 Å². The normalized spacial score (nSPS) is 18.6. The van der Waals surface area contributed by atoms with Gasteiger partial charge in [-0.2, -0.15) is 8.78 Å². The molecule has 2 unspecified atom stereocenters. The van der Waals surface area contributed by atoms with Crippen molar-refractivity contribution in [1.82, 2.24) is 4.90 Å². The van der Waals surface area contributed by atoms with Gasteiger partial charge in [0, 0.05) is 31.4 Å². The average molecular weight is 433 g/mol. The number of cyclic esters (lactones) is 1. The molecule has 0 radical (unpaired) electrons. The summed E-state index contributed by atoms with van der Waals surface area (Å²) in [6, 6.07) is 5.81. The van der Waals surface area contributed by atoms with Gasteiger partial charge in [-0.05, 0) is 6.42 Å². The van der Waals surface area contributed by atoms with E-state index in [1.165, 1.54) is 12.1 Å². The third-order valence-corrected chi connectivity index (χ3v) is 4.71. The molecule has 10 heteroatoms. The summed E-state index contributed by atoms with van der Waals surface area (Å²) in [5.74, 6) is -7.94. The standard InChI is InChI=1S/C20H23F4NO5/c21-19(22,10-4-7-17(27)28)11-12-25-15(13-30-18(25)29)8-9-16(26)20(23,24)14-5-2-1-3-6-14/h1-3,5-6,8-9,15-16,26H,4,7,10-13H2,(H,27,28)/b9-8+. The fourth-order valence-corrected chi connectivity index (χ4v) is 2.97. The van der Waals surface area contributed by atoms with Gasteiger partial charge in [0.1, 0.15) is 12.7 Å². The second-order valence-corrected chi connectivity index (χ2v) is 7.01. The molecule has 6 nitrogen and oxygen atoms in total. The van der Waals surface area contributed by atoms with Crippen molar-refractivity contribution in [2.24, 2.45) is 0 Å². The number of carbonyl (C=O) groups is 2. The van der Waals surface area contributed by atoms with Gasteiger partial charge in [-0.1, -0.05) is 42.5 Å². The van der Waals surface area contributed by atoms with E-state index in [1.807, 2.05) is 0 Å². The molecular formula is C20H23F4NO5. The minimum atomic E-state index is -3.58. The van der Waals surface area contributed by atoms with Crippen LogP contribution in [0.25, 0.3) is 0 Å². The average Bonchev–Trinajstić information content (AvgIpc) is 3.04. The second-order valence-electron chi connectivity index (χ2n) is 7.01. The maximum Gasteiger partial charge on any atom is 0.410 e. The van der Waals surface area contributed by atoms with Crippen molar-refractivity contribution in [3.05, 3.63) is 48.0 Å². The van der Waals surface area contributed by atoms with Gasteiger partial charge in [-0.25, -0.2) is 13.6 Å². The summed E-state index contributed by atoms with van der Waals surface area (Å²) in [7, 11) is 0. The Morgan fingerprint density at radius 3 is 2.53 bits per heavy atom. The van der Waals surface area contributed by atoms with E-state index in [-0.39, 0.29) is 19.4 Å². The Morgan fingerprint density at radius 2 is 1.90 bits per heavy atom. The smallest absolute Gasteiger partial charge is 0.410 e. The molecule has 1 saturated heterocycles. The van der Waals surface area contributed by atoms with Gasteiger partial charge in [0.05, 0.1) is 6.04 Å². The number of aliphatic hydroxyl groups excluding tert-OH is 1. The number of rotatable bonds is 11. The third-order valence-electron chi connectivity index (χ3n) is 4.71. The summed E-state index contributed by atoms with van der Waals surface area (Å²) in [5.41, 5.74) is -0.390. The summed E-state index contributed by atoms with van der Waals surface area (Å²) in [6.45, 7) is -0.622. The van der Waals surface area contributed by atoms with E-state index in [1.54, 1.807) is 6.07 Å². The Labute approximate surface area is 170 Å². The Hall–Kier alpha value is -2.62. The number of benzene rings is 1. The fraction of sp³-hybridized carbons (Fsp3) is 0.500. The summed E-state index contributed by atoms with van der Waals surface area (Å²) >= 11 is 0. The van der Waals surface area contributed by atoms with Crippen molar-refractivity contribution >= 4 is 12.1 Å². The van der Waals surface area contributed by atoms with Gasteiger partial charge in [0.2, 0.25) is 5.92 Å². The Bertz CT molecular complexity index is 757. The topological polar surface area (TPSA) is 87.1 Å². The lowest BCUT2D eigenvalue weighted by atomic mass is 10.0. The van der Waals surface area contributed by atoms with E-state index in [0.717, 1.165) is 29.2 Å². The van der Waals surface area contributed by atoms with E-state index in [4.69, 9.17) is 9.84 Å². The predicted molar refractivity (Wildman–Crippen MR) is 98.4 cm³/mol. The van der Waals surface area contributed by atoms with Crippen LogP contribution >= 0.6 is 0 Å². The minimum absolute atomic E-state index is 0.211. The van der Waals surface area contributed by atoms with Crippen LogP contribution in [0.2, 0.25) is 0 Å². The van der Waals surface area contributed by atoms with Gasteiger partial charge < -0.3 is 14.9 Å². The van der Waals surface area contributed by atoms with E-state index in [2.05, 4.69) is 0 Å². The molecular weight excluding hydrogens is 410 g/mol. The first kappa shape index (κ1) is 23.7. The zero-order valence-electron chi connectivity index (χ0n) is 16.0. The van der Waals surface area contributed by atoms with Crippen LogP contribution in [0.4, 0.5) is 22.4 Å². The number of aliphatic carboxylic acids is 1. The monoisotopic (exact) mass is 433 g/mol. The predicted octanol–water partition coefficient (Wildman–Crippen LogP) is 3.80. The number of aliphatic hydroxyl groups is 1. The molecule has 166 valence electrons. The zero-order chi connectivity index (χ0) is 22.4. The molecule has 1 fully saturated rings. The van der Waals surface area contributed by atoms with Crippen molar-refractivity contribution in [2.45, 2.75) is 49.7 Å². The van der Waals surface area contributed by atoms with Crippen molar-refractivity contribution in [1.29, 1.82) is 0 Å². The van der Waals surface area contributed by atoms with Gasteiger partial charge in [-0.3, -0.25) is 9.69 Å². The van der Waals surface area contributed by atoms with Crippen LogP contribution < -0.4 is 0 Å². The van der Waals surface area contributed by atoms with Gasteiger partial charge in [0.15, 0.2) is 0 Å².